The summed E-state index contributed by atoms with van der Waals surface area (Å²) >= 11 is 0. The molecule has 3 amide bonds. The summed E-state index contributed by atoms with van der Waals surface area (Å²) in [6, 6.07) is 5.34. The highest BCUT2D eigenvalue weighted by Crippen LogP contribution is 2.29. The van der Waals surface area contributed by atoms with E-state index in [1.807, 2.05) is 0 Å². The van der Waals surface area contributed by atoms with Gasteiger partial charge in [-0.25, -0.2) is 9.18 Å². The number of hydrogen-bond donors (Lipinski definition) is 1. The van der Waals surface area contributed by atoms with Crippen molar-refractivity contribution in [2.24, 2.45) is 5.73 Å². The number of benzene rings is 1. The van der Waals surface area contributed by atoms with Crippen LogP contribution in [0.25, 0.3) is 0 Å². The van der Waals surface area contributed by atoms with Crippen molar-refractivity contribution in [1.29, 1.82) is 0 Å². The van der Waals surface area contributed by atoms with E-state index < -0.39 is 11.4 Å². The summed E-state index contributed by atoms with van der Waals surface area (Å²) in [4.78, 5) is 27.3. The summed E-state index contributed by atoms with van der Waals surface area (Å²) in [5, 5.41) is 0. The molecule has 1 aliphatic heterocycles. The quantitative estimate of drug-likeness (QED) is 0.907. The highest BCUT2D eigenvalue weighted by Gasteiger charge is 2.43. The Kier molecular flexibility index (Phi) is 4.16. The Morgan fingerprint density at radius 3 is 2.48 bits per heavy atom. The minimum absolute atomic E-state index is 0.303. The van der Waals surface area contributed by atoms with E-state index in [1.54, 1.807) is 14.0 Å². The van der Waals surface area contributed by atoms with Crippen molar-refractivity contribution < 1.29 is 14.0 Å². The van der Waals surface area contributed by atoms with Crippen molar-refractivity contribution in [2.45, 2.75) is 31.7 Å². The van der Waals surface area contributed by atoms with Gasteiger partial charge in [0.2, 0.25) is 5.91 Å². The van der Waals surface area contributed by atoms with Gasteiger partial charge in [-0.1, -0.05) is 0 Å². The molecule has 1 fully saturated rings. The van der Waals surface area contributed by atoms with Crippen LogP contribution < -0.4 is 10.6 Å². The Balaban J connectivity index is 2.24. The van der Waals surface area contributed by atoms with E-state index in [2.05, 4.69) is 0 Å². The molecule has 1 atom stereocenters. The molecule has 1 saturated heterocycles. The van der Waals surface area contributed by atoms with Gasteiger partial charge in [-0.15, -0.1) is 0 Å². The number of nitrogens with zero attached hydrogens (tertiary/aromatic N) is 2. The summed E-state index contributed by atoms with van der Waals surface area (Å²) < 4.78 is 13.0. The van der Waals surface area contributed by atoms with Crippen molar-refractivity contribution in [2.75, 3.05) is 18.5 Å². The minimum atomic E-state index is -0.969. The largest absolute Gasteiger partial charge is 0.368 e. The van der Waals surface area contributed by atoms with Crippen LogP contribution in [0, 0.1) is 5.82 Å². The Morgan fingerprint density at radius 1 is 1.29 bits per heavy atom. The smallest absolute Gasteiger partial charge is 0.325 e. The van der Waals surface area contributed by atoms with Gasteiger partial charge in [0.1, 0.15) is 11.4 Å². The molecule has 1 aromatic rings. The number of rotatable bonds is 2. The van der Waals surface area contributed by atoms with E-state index >= 15 is 0 Å². The number of hydrogen-bond acceptors (Lipinski definition) is 2. The number of nitrogens with two attached hydrogens (primary N) is 1. The first-order chi connectivity index (χ1) is 9.86. The molecule has 114 valence electrons. The van der Waals surface area contributed by atoms with Gasteiger partial charge in [0.25, 0.3) is 0 Å². The van der Waals surface area contributed by atoms with Crippen LogP contribution in [0.3, 0.4) is 0 Å². The molecule has 0 spiro atoms. The van der Waals surface area contributed by atoms with E-state index in [0.29, 0.717) is 18.7 Å². The first-order valence-electron chi connectivity index (χ1n) is 6.97. The maximum atomic E-state index is 13.0. The normalized spacial score (nSPS) is 22.0. The third-order valence-electron chi connectivity index (χ3n) is 4.15. The predicted octanol–water partition coefficient (Wildman–Crippen LogP) is 2.11. The molecular weight excluding hydrogens is 273 g/mol. The number of urea groups is 1. The maximum Gasteiger partial charge on any atom is 0.325 e. The highest BCUT2D eigenvalue weighted by molar-refractivity contribution is 5.96. The molecule has 2 N–H and O–H groups in total. The van der Waals surface area contributed by atoms with Crippen LogP contribution in [-0.4, -0.2) is 36.0 Å². The second kappa shape index (κ2) is 5.71. The SMILES string of the molecule is CN(C(=O)N1CCCC[C@@]1(C)C(N)=O)c1ccc(F)cc1. The summed E-state index contributed by atoms with van der Waals surface area (Å²) in [6.45, 7) is 2.19. The molecule has 5 nitrogen and oxygen atoms in total. The number of amides is 3. The first kappa shape index (κ1) is 15.3. The zero-order valence-corrected chi connectivity index (χ0v) is 12.3. The zero-order chi connectivity index (χ0) is 15.6. The van der Waals surface area contributed by atoms with Gasteiger partial charge in [0, 0.05) is 19.3 Å². The van der Waals surface area contributed by atoms with Crippen LogP contribution >= 0.6 is 0 Å². The van der Waals surface area contributed by atoms with Crippen LogP contribution in [0.2, 0.25) is 0 Å². The Labute approximate surface area is 123 Å². The Morgan fingerprint density at radius 2 is 1.90 bits per heavy atom. The number of carbonyl (C=O) groups is 2. The Hall–Kier alpha value is -2.11. The third-order valence-corrected chi connectivity index (χ3v) is 4.15. The number of carbonyl (C=O) groups excluding carboxylic acids is 2. The fourth-order valence-electron chi connectivity index (χ4n) is 2.64. The van der Waals surface area contributed by atoms with Crippen LogP contribution in [0.5, 0.6) is 0 Å². The molecule has 0 aliphatic carbocycles. The van der Waals surface area contributed by atoms with Crippen molar-refractivity contribution in [1.82, 2.24) is 4.90 Å². The standard InChI is InChI=1S/C15H20FN3O2/c1-15(13(17)20)9-3-4-10-19(15)14(21)18(2)12-7-5-11(16)6-8-12/h5-8H,3-4,9-10H2,1-2H3,(H2,17,20)/t15-/m0/s1. The summed E-state index contributed by atoms with van der Waals surface area (Å²) in [7, 11) is 1.60. The lowest BCUT2D eigenvalue weighted by Gasteiger charge is -2.43. The van der Waals surface area contributed by atoms with Crippen molar-refractivity contribution >= 4 is 17.6 Å². The minimum Gasteiger partial charge on any atom is -0.368 e. The third kappa shape index (κ3) is 2.84. The lowest BCUT2D eigenvalue weighted by atomic mass is 9.88. The zero-order valence-electron chi connectivity index (χ0n) is 12.3. The highest BCUT2D eigenvalue weighted by atomic mass is 19.1. The first-order valence-corrected chi connectivity index (χ1v) is 6.97. The second-order valence-electron chi connectivity index (χ2n) is 5.56. The van der Waals surface area contributed by atoms with E-state index in [-0.39, 0.29) is 11.8 Å². The van der Waals surface area contributed by atoms with Crippen LogP contribution in [0.4, 0.5) is 14.9 Å². The molecule has 1 aromatic carbocycles. The van der Waals surface area contributed by atoms with Gasteiger partial charge >= 0.3 is 6.03 Å². The van der Waals surface area contributed by atoms with Gasteiger partial charge in [0.05, 0.1) is 0 Å². The number of primary amides is 1. The molecule has 0 aromatic heterocycles. The van der Waals surface area contributed by atoms with Crippen molar-refractivity contribution in [3.05, 3.63) is 30.1 Å². The number of halogens is 1. The fraction of sp³-hybridized carbons (Fsp3) is 0.467. The van der Waals surface area contributed by atoms with Gasteiger partial charge in [-0.05, 0) is 50.5 Å². The van der Waals surface area contributed by atoms with E-state index in [1.165, 1.54) is 34.1 Å². The molecule has 2 rings (SSSR count). The molecule has 1 aliphatic rings. The maximum absolute atomic E-state index is 13.0. The van der Waals surface area contributed by atoms with E-state index in [9.17, 15) is 14.0 Å². The van der Waals surface area contributed by atoms with Gasteiger partial charge in [-0.3, -0.25) is 9.69 Å². The van der Waals surface area contributed by atoms with Gasteiger partial charge in [-0.2, -0.15) is 0 Å². The van der Waals surface area contributed by atoms with Crippen LogP contribution in [-0.2, 0) is 4.79 Å². The fourth-order valence-corrected chi connectivity index (χ4v) is 2.64. The molecule has 21 heavy (non-hydrogen) atoms. The molecule has 0 radical (unpaired) electrons. The predicted molar refractivity (Wildman–Crippen MR) is 78.4 cm³/mol. The van der Waals surface area contributed by atoms with Gasteiger partial charge < -0.3 is 10.6 Å². The average molecular weight is 293 g/mol. The summed E-state index contributed by atoms with van der Waals surface area (Å²) in [5.41, 5.74) is 5.09. The molecule has 0 unspecified atom stereocenters. The number of anilines is 1. The molecule has 6 heteroatoms. The molecular formula is C15H20FN3O2. The molecule has 0 bridgehead atoms. The van der Waals surface area contributed by atoms with Crippen molar-refractivity contribution in [3.63, 3.8) is 0 Å². The monoisotopic (exact) mass is 293 g/mol. The summed E-state index contributed by atoms with van der Waals surface area (Å²) in [5.74, 6) is -0.859. The van der Waals surface area contributed by atoms with E-state index in [0.717, 1.165) is 12.8 Å². The van der Waals surface area contributed by atoms with Crippen LogP contribution in [0.1, 0.15) is 26.2 Å². The number of likely N-dealkylation sites (tertiary alicyclic amines) is 1. The molecule has 0 saturated carbocycles. The molecule has 1 heterocycles. The van der Waals surface area contributed by atoms with Crippen molar-refractivity contribution in [3.8, 4) is 0 Å². The topological polar surface area (TPSA) is 66.6 Å². The Bertz CT molecular complexity index is 546. The number of piperidine rings is 1. The average Bonchev–Trinajstić information content (AvgIpc) is 2.47. The van der Waals surface area contributed by atoms with E-state index in [4.69, 9.17) is 5.73 Å². The second-order valence-corrected chi connectivity index (χ2v) is 5.56. The lowest BCUT2D eigenvalue weighted by molar-refractivity contribution is -0.129. The lowest BCUT2D eigenvalue weighted by Crippen LogP contribution is -2.62. The summed E-state index contributed by atoms with van der Waals surface area (Å²) in [6.07, 6.45) is 2.26. The van der Waals surface area contributed by atoms with Gasteiger partial charge in [0.15, 0.2) is 0 Å². The van der Waals surface area contributed by atoms with Crippen LogP contribution in [0.15, 0.2) is 24.3 Å².